The summed E-state index contributed by atoms with van der Waals surface area (Å²) >= 11 is 0. The summed E-state index contributed by atoms with van der Waals surface area (Å²) in [6.07, 6.45) is 5.24. The Hall–Kier alpha value is -4.08. The number of phenolic OH excluding ortho intramolecular Hbond substituents is 2. The Balaban J connectivity index is 1.74. The average molecular weight is 352 g/mol. The van der Waals surface area contributed by atoms with Gasteiger partial charge in [0.1, 0.15) is 5.56 Å². The molecule has 130 valence electrons. The molecule has 0 unspecified atom stereocenters. The number of benzene rings is 1. The van der Waals surface area contributed by atoms with Gasteiger partial charge in [0, 0.05) is 24.2 Å². The normalized spacial score (nSPS) is 10.8. The predicted octanol–water partition coefficient (Wildman–Crippen LogP) is 0.814. The van der Waals surface area contributed by atoms with Crippen molar-refractivity contribution < 1.29 is 20.1 Å². The van der Waals surface area contributed by atoms with Crippen LogP contribution in [0.2, 0.25) is 0 Å². The molecule has 0 saturated heterocycles. The first-order valence-corrected chi connectivity index (χ1v) is 7.24. The van der Waals surface area contributed by atoms with E-state index in [0.29, 0.717) is 0 Å². The lowest BCUT2D eigenvalue weighted by molar-refractivity contribution is 0.0951. The number of aromatic nitrogens is 4. The molecule has 10 heteroatoms. The zero-order valence-corrected chi connectivity index (χ0v) is 13.1. The van der Waals surface area contributed by atoms with Crippen LogP contribution < -0.4 is 5.43 Å². The van der Waals surface area contributed by atoms with E-state index in [1.807, 2.05) is 0 Å². The average Bonchev–Trinajstić information content (AvgIpc) is 2.65. The fourth-order valence-electron chi connectivity index (χ4n) is 1.93. The topological polar surface area (TPSA) is 154 Å². The summed E-state index contributed by atoms with van der Waals surface area (Å²) in [5.41, 5.74) is 2.15. The molecule has 4 N–H and O–H groups in total. The van der Waals surface area contributed by atoms with Crippen LogP contribution in [0.5, 0.6) is 17.4 Å². The van der Waals surface area contributed by atoms with Crippen LogP contribution in [0.15, 0.2) is 48.0 Å². The summed E-state index contributed by atoms with van der Waals surface area (Å²) in [5.74, 6) is -1.75. The molecule has 0 aliphatic carbocycles. The highest BCUT2D eigenvalue weighted by Crippen LogP contribution is 2.26. The number of hydrazone groups is 1. The van der Waals surface area contributed by atoms with Crippen LogP contribution in [0.3, 0.4) is 0 Å². The van der Waals surface area contributed by atoms with Crippen molar-refractivity contribution in [3.05, 3.63) is 54.0 Å². The van der Waals surface area contributed by atoms with Crippen molar-refractivity contribution in [1.29, 1.82) is 0 Å². The van der Waals surface area contributed by atoms with E-state index in [0.717, 1.165) is 12.4 Å². The largest absolute Gasteiger partial charge is 0.504 e. The Labute approximate surface area is 146 Å². The van der Waals surface area contributed by atoms with Gasteiger partial charge in [0.25, 0.3) is 5.91 Å². The predicted molar refractivity (Wildman–Crippen MR) is 89.6 cm³/mol. The van der Waals surface area contributed by atoms with Crippen molar-refractivity contribution in [2.45, 2.75) is 0 Å². The molecule has 2 heterocycles. The van der Waals surface area contributed by atoms with E-state index in [1.165, 1.54) is 30.6 Å². The van der Waals surface area contributed by atoms with Crippen molar-refractivity contribution >= 4 is 12.1 Å². The maximum atomic E-state index is 12.0. The van der Waals surface area contributed by atoms with Crippen LogP contribution in [-0.4, -0.2) is 47.4 Å². The van der Waals surface area contributed by atoms with Crippen LogP contribution >= 0.6 is 0 Å². The molecule has 3 aromatic rings. The van der Waals surface area contributed by atoms with Crippen LogP contribution in [0.1, 0.15) is 15.9 Å². The van der Waals surface area contributed by atoms with Gasteiger partial charge in [0.15, 0.2) is 17.3 Å². The molecule has 0 fully saturated rings. The molecule has 0 aliphatic heterocycles. The molecular weight excluding hydrogens is 340 g/mol. The summed E-state index contributed by atoms with van der Waals surface area (Å²) in [5, 5.41) is 32.6. The van der Waals surface area contributed by atoms with E-state index in [2.05, 4.69) is 30.5 Å². The molecule has 10 nitrogen and oxygen atoms in total. The van der Waals surface area contributed by atoms with Gasteiger partial charge >= 0.3 is 0 Å². The summed E-state index contributed by atoms with van der Waals surface area (Å²) < 4.78 is 0. The number of phenols is 2. The second kappa shape index (κ2) is 7.21. The van der Waals surface area contributed by atoms with Gasteiger partial charge in [0.2, 0.25) is 11.7 Å². The number of hydrogen-bond donors (Lipinski definition) is 4. The Kier molecular flexibility index (Phi) is 4.65. The molecule has 1 aromatic carbocycles. The monoisotopic (exact) mass is 352 g/mol. The van der Waals surface area contributed by atoms with Crippen molar-refractivity contribution in [1.82, 2.24) is 25.4 Å². The maximum Gasteiger partial charge on any atom is 0.278 e. The SMILES string of the molecule is O=C(N/N=C/c1cccc(O)c1O)c1cnc(-c2ncccn2)nc1O. The molecule has 0 saturated carbocycles. The second-order valence-corrected chi connectivity index (χ2v) is 4.92. The second-order valence-electron chi connectivity index (χ2n) is 4.92. The van der Waals surface area contributed by atoms with Crippen LogP contribution in [0.25, 0.3) is 11.6 Å². The minimum absolute atomic E-state index is 0.0628. The molecule has 0 spiro atoms. The van der Waals surface area contributed by atoms with Gasteiger partial charge in [-0.15, -0.1) is 0 Å². The zero-order valence-electron chi connectivity index (χ0n) is 13.1. The van der Waals surface area contributed by atoms with Gasteiger partial charge < -0.3 is 15.3 Å². The lowest BCUT2D eigenvalue weighted by Gasteiger charge is -2.04. The minimum Gasteiger partial charge on any atom is -0.504 e. The van der Waals surface area contributed by atoms with E-state index in [4.69, 9.17) is 0 Å². The van der Waals surface area contributed by atoms with E-state index in [9.17, 15) is 20.1 Å². The number of nitrogens with zero attached hydrogens (tertiary/aromatic N) is 5. The Morgan fingerprint density at radius 2 is 1.81 bits per heavy atom. The Bertz CT molecular complexity index is 978. The molecule has 0 atom stereocenters. The first kappa shape index (κ1) is 16.8. The standard InChI is InChI=1S/C16H12N6O4/c23-11-4-1-3-9(12(11)24)7-20-22-16(26)10-8-19-14(21-15(10)25)13-17-5-2-6-18-13/h1-8,23-24H,(H,22,26)(H,19,21,25)/b20-7+. The number of hydrogen-bond acceptors (Lipinski definition) is 9. The number of carbonyl (C=O) groups excluding carboxylic acids is 1. The van der Waals surface area contributed by atoms with E-state index in [1.54, 1.807) is 6.07 Å². The third-order valence-corrected chi connectivity index (χ3v) is 3.19. The molecule has 3 rings (SSSR count). The minimum atomic E-state index is -0.765. The van der Waals surface area contributed by atoms with Gasteiger partial charge in [-0.2, -0.15) is 10.1 Å². The molecule has 26 heavy (non-hydrogen) atoms. The number of para-hydroxylation sites is 1. The summed E-state index contributed by atoms with van der Waals surface area (Å²) in [7, 11) is 0. The number of carbonyl (C=O) groups is 1. The van der Waals surface area contributed by atoms with Crippen molar-refractivity contribution in [2.24, 2.45) is 5.10 Å². The number of aromatic hydroxyl groups is 3. The highest BCUT2D eigenvalue weighted by atomic mass is 16.3. The molecule has 0 radical (unpaired) electrons. The van der Waals surface area contributed by atoms with E-state index in [-0.39, 0.29) is 34.3 Å². The fourth-order valence-corrected chi connectivity index (χ4v) is 1.93. The van der Waals surface area contributed by atoms with Crippen LogP contribution in [-0.2, 0) is 0 Å². The first-order chi connectivity index (χ1) is 12.6. The Morgan fingerprint density at radius 1 is 1.04 bits per heavy atom. The van der Waals surface area contributed by atoms with Crippen molar-refractivity contribution in [3.63, 3.8) is 0 Å². The maximum absolute atomic E-state index is 12.0. The summed E-state index contributed by atoms with van der Waals surface area (Å²) in [4.78, 5) is 27.7. The van der Waals surface area contributed by atoms with Gasteiger partial charge in [-0.25, -0.2) is 20.4 Å². The third-order valence-electron chi connectivity index (χ3n) is 3.19. The van der Waals surface area contributed by atoms with E-state index < -0.39 is 11.8 Å². The highest BCUT2D eigenvalue weighted by Gasteiger charge is 2.15. The number of rotatable bonds is 4. The third kappa shape index (κ3) is 3.53. The van der Waals surface area contributed by atoms with Gasteiger partial charge in [-0.05, 0) is 18.2 Å². The summed E-state index contributed by atoms with van der Waals surface area (Å²) in [6, 6.07) is 5.91. The molecule has 0 bridgehead atoms. The number of nitrogens with one attached hydrogen (secondary N) is 1. The summed E-state index contributed by atoms with van der Waals surface area (Å²) in [6.45, 7) is 0. The number of amides is 1. The van der Waals surface area contributed by atoms with Gasteiger partial charge in [0.05, 0.1) is 6.21 Å². The lowest BCUT2D eigenvalue weighted by atomic mass is 10.2. The molecule has 2 aromatic heterocycles. The van der Waals surface area contributed by atoms with Crippen LogP contribution in [0.4, 0.5) is 0 Å². The van der Waals surface area contributed by atoms with Gasteiger partial charge in [-0.3, -0.25) is 4.79 Å². The fraction of sp³-hybridized carbons (Fsp3) is 0. The quantitative estimate of drug-likeness (QED) is 0.306. The molecular formula is C16H12N6O4. The Morgan fingerprint density at radius 3 is 2.54 bits per heavy atom. The first-order valence-electron chi connectivity index (χ1n) is 7.24. The highest BCUT2D eigenvalue weighted by molar-refractivity contribution is 5.96. The molecule has 1 amide bonds. The zero-order chi connectivity index (χ0) is 18.5. The lowest BCUT2D eigenvalue weighted by Crippen LogP contribution is -2.18. The smallest absolute Gasteiger partial charge is 0.278 e. The van der Waals surface area contributed by atoms with Crippen molar-refractivity contribution in [3.8, 4) is 29.0 Å². The van der Waals surface area contributed by atoms with Gasteiger partial charge in [-0.1, -0.05) is 6.07 Å². The van der Waals surface area contributed by atoms with Crippen LogP contribution in [0, 0.1) is 0 Å². The van der Waals surface area contributed by atoms with E-state index >= 15 is 0 Å². The van der Waals surface area contributed by atoms with Crippen molar-refractivity contribution in [2.75, 3.05) is 0 Å². The molecule has 0 aliphatic rings.